The lowest BCUT2D eigenvalue weighted by Gasteiger charge is -2.27. The van der Waals surface area contributed by atoms with Crippen LogP contribution in [0.5, 0.6) is 11.5 Å². The lowest BCUT2D eigenvalue weighted by atomic mass is 10.0. The number of halogens is 1. The molecule has 200 valence electrons. The van der Waals surface area contributed by atoms with Gasteiger partial charge in [0.1, 0.15) is 12.2 Å². The molecule has 0 unspecified atom stereocenters. The van der Waals surface area contributed by atoms with Crippen molar-refractivity contribution in [3.05, 3.63) is 96.1 Å². The van der Waals surface area contributed by atoms with Gasteiger partial charge in [-0.1, -0.05) is 17.7 Å². The molecule has 1 N–H and O–H groups in total. The molecule has 0 radical (unpaired) electrons. The van der Waals surface area contributed by atoms with E-state index < -0.39 is 22.8 Å². The van der Waals surface area contributed by atoms with E-state index in [1.165, 1.54) is 18.2 Å². The lowest BCUT2D eigenvalue weighted by molar-refractivity contribution is -0.384. The van der Waals surface area contributed by atoms with E-state index in [9.17, 15) is 24.5 Å². The van der Waals surface area contributed by atoms with Crippen LogP contribution in [0.25, 0.3) is 6.08 Å². The zero-order valence-corrected chi connectivity index (χ0v) is 23.5. The molecular weight excluding hydrogens is 617 g/mol. The van der Waals surface area contributed by atoms with Crippen LogP contribution < -0.4 is 19.7 Å². The average molecular weight is 641 g/mol. The number of nitrogens with one attached hydrogen (secondary N) is 1. The minimum absolute atomic E-state index is 0.0140. The Balaban J connectivity index is 1.64. The fourth-order valence-corrected chi connectivity index (χ4v) is 4.82. The summed E-state index contributed by atoms with van der Waals surface area (Å²) in [6, 6.07) is 13.9. The molecule has 0 aromatic heterocycles. The third-order valence-corrected chi connectivity index (χ3v) is 6.67. The first-order valence-corrected chi connectivity index (χ1v) is 13.0. The fraction of sp³-hybridized carbons (Fsp3) is 0.179. The predicted molar refractivity (Wildman–Crippen MR) is 153 cm³/mol. The van der Waals surface area contributed by atoms with E-state index in [0.29, 0.717) is 32.9 Å². The van der Waals surface area contributed by atoms with E-state index in [2.05, 4.69) is 27.9 Å². The molecule has 3 aromatic carbocycles. The van der Waals surface area contributed by atoms with Crippen molar-refractivity contribution < 1.29 is 28.8 Å². The van der Waals surface area contributed by atoms with Crippen LogP contribution >= 0.6 is 22.6 Å². The monoisotopic (exact) mass is 641 g/mol. The normalized spacial score (nSPS) is 14.4. The first-order valence-electron chi connectivity index (χ1n) is 11.9. The third-order valence-electron chi connectivity index (χ3n) is 5.87. The van der Waals surface area contributed by atoms with Gasteiger partial charge in [-0.05, 0) is 96.5 Å². The van der Waals surface area contributed by atoms with Crippen molar-refractivity contribution in [2.24, 2.45) is 0 Å². The van der Waals surface area contributed by atoms with Gasteiger partial charge >= 0.3 is 6.03 Å². The summed E-state index contributed by atoms with van der Waals surface area (Å²) in [4.78, 5) is 50.0. The number of non-ortho nitro benzene ring substituents is 1. The number of barbiturate groups is 1. The number of nitro benzene ring substituents is 1. The Kier molecular flexibility index (Phi) is 8.29. The maximum absolute atomic E-state index is 13.4. The van der Waals surface area contributed by atoms with E-state index in [1.807, 2.05) is 19.9 Å². The number of rotatable bonds is 8. The molecule has 10 nitrogen and oxygen atoms in total. The highest BCUT2D eigenvalue weighted by molar-refractivity contribution is 14.1. The van der Waals surface area contributed by atoms with Gasteiger partial charge in [0.2, 0.25) is 0 Å². The molecule has 4 rings (SSSR count). The maximum atomic E-state index is 13.4. The van der Waals surface area contributed by atoms with Crippen LogP contribution in [0.1, 0.15) is 29.2 Å². The number of nitro groups is 1. The Morgan fingerprint density at radius 1 is 1.03 bits per heavy atom. The number of amides is 4. The van der Waals surface area contributed by atoms with Crippen molar-refractivity contribution in [2.75, 3.05) is 11.5 Å². The summed E-state index contributed by atoms with van der Waals surface area (Å²) in [5.74, 6) is -0.687. The van der Waals surface area contributed by atoms with Gasteiger partial charge < -0.3 is 9.47 Å². The van der Waals surface area contributed by atoms with Crippen molar-refractivity contribution in [1.29, 1.82) is 0 Å². The first-order chi connectivity index (χ1) is 18.6. The molecule has 1 saturated heterocycles. The van der Waals surface area contributed by atoms with Crippen LogP contribution in [-0.4, -0.2) is 29.4 Å². The largest absolute Gasteiger partial charge is 0.490 e. The second-order valence-electron chi connectivity index (χ2n) is 8.72. The van der Waals surface area contributed by atoms with Crippen LogP contribution in [0.15, 0.2) is 60.2 Å². The van der Waals surface area contributed by atoms with E-state index in [-0.39, 0.29) is 17.9 Å². The molecule has 39 heavy (non-hydrogen) atoms. The lowest BCUT2D eigenvalue weighted by Crippen LogP contribution is -2.54. The molecule has 0 spiro atoms. The number of nitrogens with zero attached hydrogens (tertiary/aromatic N) is 2. The average Bonchev–Trinajstić information content (AvgIpc) is 2.87. The Morgan fingerprint density at radius 2 is 1.74 bits per heavy atom. The zero-order chi connectivity index (χ0) is 28.3. The van der Waals surface area contributed by atoms with Gasteiger partial charge in [0, 0.05) is 12.1 Å². The van der Waals surface area contributed by atoms with Crippen molar-refractivity contribution in [3.63, 3.8) is 0 Å². The van der Waals surface area contributed by atoms with Gasteiger partial charge in [-0.15, -0.1) is 0 Å². The highest BCUT2D eigenvalue weighted by Crippen LogP contribution is 2.36. The van der Waals surface area contributed by atoms with Crippen molar-refractivity contribution >= 4 is 57.9 Å². The Labute approximate surface area is 237 Å². The van der Waals surface area contributed by atoms with E-state index in [4.69, 9.17) is 9.47 Å². The zero-order valence-electron chi connectivity index (χ0n) is 21.3. The van der Waals surface area contributed by atoms with E-state index >= 15 is 0 Å². The number of imide groups is 2. The second-order valence-corrected chi connectivity index (χ2v) is 9.89. The summed E-state index contributed by atoms with van der Waals surface area (Å²) in [7, 11) is 0. The minimum Gasteiger partial charge on any atom is -0.490 e. The number of hydrogen-bond donors (Lipinski definition) is 1. The molecule has 1 aliphatic heterocycles. The molecule has 1 heterocycles. The Hall–Kier alpha value is -4.26. The number of aryl methyl sites for hydroxylation is 2. The highest BCUT2D eigenvalue weighted by Gasteiger charge is 2.37. The molecule has 0 bridgehead atoms. The number of hydrogen-bond acceptors (Lipinski definition) is 7. The van der Waals surface area contributed by atoms with E-state index in [0.717, 1.165) is 21.6 Å². The Morgan fingerprint density at radius 3 is 2.38 bits per heavy atom. The maximum Gasteiger partial charge on any atom is 0.335 e. The number of benzene rings is 3. The molecule has 0 saturated carbocycles. The smallest absolute Gasteiger partial charge is 0.335 e. The highest BCUT2D eigenvalue weighted by atomic mass is 127. The number of ether oxygens (including phenoxy) is 2. The van der Waals surface area contributed by atoms with Gasteiger partial charge in [0.15, 0.2) is 11.5 Å². The summed E-state index contributed by atoms with van der Waals surface area (Å²) in [5, 5.41) is 13.1. The van der Waals surface area contributed by atoms with Gasteiger partial charge in [-0.3, -0.25) is 25.0 Å². The number of carbonyl (C=O) groups is 3. The van der Waals surface area contributed by atoms with Crippen LogP contribution in [0.4, 0.5) is 16.2 Å². The number of carbonyl (C=O) groups excluding carboxylic acids is 3. The molecule has 0 atom stereocenters. The number of anilines is 1. The second kappa shape index (κ2) is 11.6. The summed E-state index contributed by atoms with van der Waals surface area (Å²) in [5.41, 5.74) is 3.09. The van der Waals surface area contributed by atoms with Gasteiger partial charge in [-0.2, -0.15) is 0 Å². The summed E-state index contributed by atoms with van der Waals surface area (Å²) in [6.07, 6.45) is 1.41. The van der Waals surface area contributed by atoms with Crippen LogP contribution in [0, 0.1) is 27.5 Å². The summed E-state index contributed by atoms with van der Waals surface area (Å²) < 4.78 is 12.4. The van der Waals surface area contributed by atoms with Gasteiger partial charge in [0.25, 0.3) is 17.5 Å². The van der Waals surface area contributed by atoms with Gasteiger partial charge in [-0.25, -0.2) is 9.69 Å². The predicted octanol–water partition coefficient (Wildman–Crippen LogP) is 5.46. The van der Waals surface area contributed by atoms with Crippen LogP contribution in [0.3, 0.4) is 0 Å². The Bertz CT molecular complexity index is 1520. The third kappa shape index (κ3) is 6.08. The molecule has 1 aliphatic rings. The van der Waals surface area contributed by atoms with Crippen LogP contribution in [0.2, 0.25) is 0 Å². The van der Waals surface area contributed by atoms with Crippen molar-refractivity contribution in [2.45, 2.75) is 27.4 Å². The summed E-state index contributed by atoms with van der Waals surface area (Å²) >= 11 is 2.06. The van der Waals surface area contributed by atoms with Crippen molar-refractivity contribution in [3.8, 4) is 11.5 Å². The molecular formula is C28H24IN3O7. The molecule has 1 fully saturated rings. The quantitative estimate of drug-likeness (QED) is 0.114. The summed E-state index contributed by atoms with van der Waals surface area (Å²) in [6.45, 7) is 5.97. The standard InChI is InChI=1S/C28H24IN3O7/c1-4-38-24-14-19(13-22(29)25(24)39-15-18-6-8-20(9-7-18)32(36)37)12-21-26(33)30-28(35)31(27(21)34)23-10-5-16(2)11-17(23)3/h5-14H,4,15H2,1-3H3,(H,30,33,35)/b21-12+. The molecule has 11 heteroatoms. The van der Waals surface area contributed by atoms with Gasteiger partial charge in [0.05, 0.1) is 20.8 Å². The topological polar surface area (TPSA) is 128 Å². The fourth-order valence-electron chi connectivity index (χ4n) is 4.04. The molecule has 4 amide bonds. The first kappa shape index (κ1) is 27.8. The molecule has 3 aromatic rings. The molecule has 0 aliphatic carbocycles. The van der Waals surface area contributed by atoms with E-state index in [1.54, 1.807) is 43.3 Å². The SMILES string of the molecule is CCOc1cc(/C=C2\C(=O)NC(=O)N(c3ccc(C)cc3C)C2=O)cc(I)c1OCc1ccc([N+](=O)[O-])cc1. The minimum atomic E-state index is -0.811. The number of urea groups is 1. The van der Waals surface area contributed by atoms with Crippen LogP contribution in [-0.2, 0) is 16.2 Å². The van der Waals surface area contributed by atoms with Crippen molar-refractivity contribution in [1.82, 2.24) is 5.32 Å².